The molecule has 1 aromatic heterocycles. The fourth-order valence-corrected chi connectivity index (χ4v) is 0.428. The van der Waals surface area contributed by atoms with Gasteiger partial charge in [-0.05, 0) is 0 Å². The zero-order chi connectivity index (χ0) is 5.11. The first kappa shape index (κ1) is 8.44. The zero-order valence-electron chi connectivity index (χ0n) is 4.56. The van der Waals surface area contributed by atoms with E-state index < -0.39 is 0 Å². The average molecular weight is 136 g/mol. The number of rotatable bonds is 0. The monoisotopic (exact) mass is 135 g/mol. The molecule has 1 rings (SSSR count). The van der Waals surface area contributed by atoms with Gasteiger partial charge in [0.2, 0.25) is 0 Å². The van der Waals surface area contributed by atoms with Gasteiger partial charge in [-0.1, -0.05) is 6.20 Å². The van der Waals surface area contributed by atoms with E-state index in [0.29, 0.717) is 5.15 Å². The minimum Gasteiger partial charge on any atom is -0.376 e. The summed E-state index contributed by atoms with van der Waals surface area (Å²) in [4.78, 5) is 3.62. The Bertz CT molecular complexity index is 142. The third-order valence-electron chi connectivity index (χ3n) is 0.576. The van der Waals surface area contributed by atoms with Crippen LogP contribution in [0.2, 0.25) is 5.15 Å². The summed E-state index contributed by atoms with van der Waals surface area (Å²) in [5.74, 6) is 0. The Hall–Kier alpha value is 0.440. The summed E-state index contributed by atoms with van der Waals surface area (Å²) in [7, 11) is 0. The number of hydrogen-bond donors (Lipinski definition) is 0. The fraction of sp³-hybridized carbons (Fsp3) is 0. The van der Waals surface area contributed by atoms with Crippen LogP contribution in [0.25, 0.3) is 0 Å². The van der Waals surface area contributed by atoms with E-state index in [1.807, 2.05) is 0 Å². The van der Waals surface area contributed by atoms with Gasteiger partial charge in [0.05, 0.1) is 0 Å². The summed E-state index contributed by atoms with van der Waals surface area (Å²) >= 11 is 5.40. The van der Waals surface area contributed by atoms with Crippen LogP contribution in [0.3, 0.4) is 0 Å². The summed E-state index contributed by atoms with van der Waals surface area (Å²) in [5.41, 5.74) is 0. The van der Waals surface area contributed by atoms with Gasteiger partial charge in [0.25, 0.3) is 0 Å². The molecule has 1 nitrogen and oxygen atoms in total. The van der Waals surface area contributed by atoms with Crippen LogP contribution in [0.15, 0.2) is 18.2 Å². The van der Waals surface area contributed by atoms with Crippen molar-refractivity contribution >= 4 is 11.6 Å². The Labute approximate surface area is 75.4 Å². The molecule has 0 aromatic carbocycles. The molecule has 0 amide bonds. The molecule has 0 spiro atoms. The van der Waals surface area contributed by atoms with Gasteiger partial charge in [-0.15, -0.1) is 17.7 Å². The van der Waals surface area contributed by atoms with Crippen LogP contribution in [-0.2, 0) is 0 Å². The maximum atomic E-state index is 5.40. The van der Waals surface area contributed by atoms with Crippen molar-refractivity contribution in [1.82, 2.24) is 4.98 Å². The van der Waals surface area contributed by atoms with Gasteiger partial charge in [0, 0.05) is 5.15 Å². The maximum Gasteiger partial charge on any atom is 1.00 e. The van der Waals surface area contributed by atoms with E-state index in [9.17, 15) is 0 Å². The smallest absolute Gasteiger partial charge is 0.376 e. The number of halogens is 1. The van der Waals surface area contributed by atoms with Crippen molar-refractivity contribution in [2.24, 2.45) is 0 Å². The largest absolute Gasteiger partial charge is 1.00 e. The molecule has 0 unspecified atom stereocenters. The Morgan fingerprint density at radius 1 is 1.62 bits per heavy atom. The molecule has 36 valence electrons. The SMILES string of the molecule is Clc1ccc[c-]n1.[Na+]. The molecule has 3 heteroatoms. The molecule has 0 fully saturated rings. The van der Waals surface area contributed by atoms with Crippen molar-refractivity contribution in [2.75, 3.05) is 0 Å². The van der Waals surface area contributed by atoms with Crippen molar-refractivity contribution in [1.29, 1.82) is 0 Å². The van der Waals surface area contributed by atoms with Crippen molar-refractivity contribution in [3.8, 4) is 0 Å². The van der Waals surface area contributed by atoms with E-state index in [0.717, 1.165) is 0 Å². The standard InChI is InChI=1S/C5H3ClN.Na/c6-5-3-1-2-4-7-5;/h1-3H;/q-1;+1. The fourth-order valence-electron chi connectivity index (χ4n) is 0.307. The Kier molecular flexibility index (Phi) is 4.57. The summed E-state index contributed by atoms with van der Waals surface area (Å²) in [6.07, 6.45) is 2.58. The maximum absolute atomic E-state index is 5.40. The van der Waals surface area contributed by atoms with E-state index >= 15 is 0 Å². The summed E-state index contributed by atoms with van der Waals surface area (Å²) in [6.45, 7) is 0. The average Bonchev–Trinajstić information content (AvgIpc) is 1.69. The molecular formula is C5H3ClNNa. The molecule has 0 atom stereocenters. The van der Waals surface area contributed by atoms with E-state index in [1.165, 1.54) is 0 Å². The molecule has 1 heterocycles. The number of pyridine rings is 1. The predicted octanol–water partition coefficient (Wildman–Crippen LogP) is -1.46. The quantitative estimate of drug-likeness (QED) is 0.241. The van der Waals surface area contributed by atoms with Gasteiger partial charge < -0.3 is 4.98 Å². The topological polar surface area (TPSA) is 12.9 Å². The van der Waals surface area contributed by atoms with E-state index in [2.05, 4.69) is 11.2 Å². The number of nitrogens with zero attached hydrogens (tertiary/aromatic N) is 1. The first-order chi connectivity index (χ1) is 3.39. The molecule has 0 bridgehead atoms. The van der Waals surface area contributed by atoms with Crippen LogP contribution in [0.1, 0.15) is 0 Å². The van der Waals surface area contributed by atoms with Crippen molar-refractivity contribution in [3.05, 3.63) is 29.5 Å². The minimum atomic E-state index is 0. The molecule has 0 radical (unpaired) electrons. The van der Waals surface area contributed by atoms with Crippen LogP contribution in [-0.4, -0.2) is 4.98 Å². The van der Waals surface area contributed by atoms with Gasteiger partial charge in [-0.3, -0.25) is 0 Å². The zero-order valence-corrected chi connectivity index (χ0v) is 7.31. The van der Waals surface area contributed by atoms with Crippen molar-refractivity contribution < 1.29 is 29.6 Å². The summed E-state index contributed by atoms with van der Waals surface area (Å²) in [5, 5.41) is 0.488. The van der Waals surface area contributed by atoms with Gasteiger partial charge in [0.1, 0.15) is 0 Å². The molecule has 8 heavy (non-hydrogen) atoms. The third-order valence-corrected chi connectivity index (χ3v) is 0.786. The third kappa shape index (κ3) is 2.68. The molecule has 1 aromatic rings. The second-order valence-corrected chi connectivity index (χ2v) is 1.48. The number of hydrogen-bond acceptors (Lipinski definition) is 1. The van der Waals surface area contributed by atoms with Gasteiger partial charge in [0.15, 0.2) is 0 Å². The summed E-state index contributed by atoms with van der Waals surface area (Å²) < 4.78 is 0. The molecule has 0 saturated heterocycles. The molecule has 0 N–H and O–H groups in total. The molecule has 0 aliphatic carbocycles. The van der Waals surface area contributed by atoms with E-state index in [1.54, 1.807) is 18.2 Å². The van der Waals surface area contributed by atoms with Crippen LogP contribution < -0.4 is 29.6 Å². The first-order valence-corrected chi connectivity index (χ1v) is 2.26. The molecule has 0 saturated carbocycles. The first-order valence-electron chi connectivity index (χ1n) is 1.88. The normalized spacial score (nSPS) is 7.62. The molecule has 0 aliphatic rings. The summed E-state index contributed by atoms with van der Waals surface area (Å²) in [6, 6.07) is 5.19. The second-order valence-electron chi connectivity index (χ2n) is 1.09. The minimum absolute atomic E-state index is 0. The van der Waals surface area contributed by atoms with Crippen molar-refractivity contribution in [3.63, 3.8) is 0 Å². The van der Waals surface area contributed by atoms with Gasteiger partial charge >= 0.3 is 29.6 Å². The Morgan fingerprint density at radius 2 is 2.38 bits per heavy atom. The number of aromatic nitrogens is 1. The molecule has 0 aliphatic heterocycles. The second kappa shape index (κ2) is 4.33. The van der Waals surface area contributed by atoms with Crippen LogP contribution >= 0.6 is 11.6 Å². The molecular weight excluding hydrogens is 133 g/mol. The van der Waals surface area contributed by atoms with E-state index in [-0.39, 0.29) is 29.6 Å². The predicted molar refractivity (Wildman–Crippen MR) is 28.1 cm³/mol. The van der Waals surface area contributed by atoms with Crippen LogP contribution in [0, 0.1) is 6.20 Å². The van der Waals surface area contributed by atoms with E-state index in [4.69, 9.17) is 11.6 Å². The van der Waals surface area contributed by atoms with Crippen LogP contribution in [0.4, 0.5) is 0 Å². The van der Waals surface area contributed by atoms with Crippen LogP contribution in [0.5, 0.6) is 0 Å². The van der Waals surface area contributed by atoms with Gasteiger partial charge in [-0.2, -0.15) is 12.1 Å². The van der Waals surface area contributed by atoms with Gasteiger partial charge in [-0.25, -0.2) is 0 Å². The Morgan fingerprint density at radius 3 is 2.62 bits per heavy atom. The van der Waals surface area contributed by atoms with Crippen molar-refractivity contribution in [2.45, 2.75) is 0 Å². The Balaban J connectivity index is 0.000000490.